The lowest BCUT2D eigenvalue weighted by atomic mass is 10.0. The Morgan fingerprint density at radius 1 is 1.06 bits per heavy atom. The van der Waals surface area contributed by atoms with Crippen molar-refractivity contribution in [3.63, 3.8) is 0 Å². The van der Waals surface area contributed by atoms with Crippen molar-refractivity contribution < 1.29 is 32.6 Å². The van der Waals surface area contributed by atoms with Gasteiger partial charge in [0.2, 0.25) is 15.9 Å². The third-order valence-corrected chi connectivity index (χ3v) is 10.3. The van der Waals surface area contributed by atoms with Crippen molar-refractivity contribution in [2.75, 3.05) is 44.5 Å². The minimum Gasteiger partial charge on any atom is -0.497 e. The third kappa shape index (κ3) is 7.67. The van der Waals surface area contributed by atoms with E-state index in [-0.39, 0.29) is 42.8 Å². The molecule has 0 spiro atoms. The lowest BCUT2D eigenvalue weighted by molar-refractivity contribution is -0.134. The van der Waals surface area contributed by atoms with Gasteiger partial charge >= 0.3 is 6.03 Å². The number of hydrogen-bond donors (Lipinski definition) is 3. The third-order valence-electron chi connectivity index (χ3n) is 8.42. The van der Waals surface area contributed by atoms with Crippen LogP contribution < -0.4 is 20.1 Å². The summed E-state index contributed by atoms with van der Waals surface area (Å²) >= 11 is 0. The molecule has 3 N–H and O–H groups in total. The van der Waals surface area contributed by atoms with E-state index in [2.05, 4.69) is 10.6 Å². The van der Waals surface area contributed by atoms with E-state index in [0.29, 0.717) is 28.4 Å². The van der Waals surface area contributed by atoms with Gasteiger partial charge in [0.25, 0.3) is 0 Å². The van der Waals surface area contributed by atoms with E-state index in [4.69, 9.17) is 9.47 Å². The predicted molar refractivity (Wildman–Crippen MR) is 181 cm³/mol. The molecule has 1 heterocycles. The number of urea groups is 1. The monoisotopic (exact) mass is 660 g/mol. The lowest BCUT2D eigenvalue weighted by Crippen LogP contribution is -2.48. The van der Waals surface area contributed by atoms with Gasteiger partial charge in [-0.2, -0.15) is 4.31 Å². The van der Waals surface area contributed by atoms with Gasteiger partial charge < -0.3 is 30.1 Å². The molecule has 0 unspecified atom stereocenters. The minimum atomic E-state index is -3.88. The van der Waals surface area contributed by atoms with E-state index in [1.807, 2.05) is 49.4 Å². The zero-order valence-electron chi connectivity index (χ0n) is 26.8. The van der Waals surface area contributed by atoms with E-state index in [0.717, 1.165) is 10.8 Å². The van der Waals surface area contributed by atoms with Crippen LogP contribution in [-0.4, -0.2) is 80.7 Å². The highest BCUT2D eigenvalue weighted by Crippen LogP contribution is 2.30. The molecule has 4 aromatic carbocycles. The number of nitrogens with zero attached hydrogens (tertiary/aromatic N) is 2. The average molecular weight is 661 g/mol. The maximum absolute atomic E-state index is 13.6. The zero-order valence-corrected chi connectivity index (χ0v) is 27.7. The summed E-state index contributed by atoms with van der Waals surface area (Å²) in [6.45, 7) is 3.65. The molecule has 4 aromatic rings. The van der Waals surface area contributed by atoms with Crippen molar-refractivity contribution in [1.82, 2.24) is 9.21 Å². The number of aliphatic hydroxyl groups is 1. The van der Waals surface area contributed by atoms with E-state index in [9.17, 15) is 23.1 Å². The summed E-state index contributed by atoms with van der Waals surface area (Å²) in [4.78, 5) is 28.4. The van der Waals surface area contributed by atoms with Crippen molar-refractivity contribution in [1.29, 1.82) is 0 Å². The van der Waals surface area contributed by atoms with Gasteiger partial charge in [-0.05, 0) is 60.8 Å². The van der Waals surface area contributed by atoms with Crippen LogP contribution in [0.25, 0.3) is 10.8 Å². The second kappa shape index (κ2) is 14.4. The minimum absolute atomic E-state index is 0.00204. The average Bonchev–Trinajstić information content (AvgIpc) is 3.11. The Kier molecular flexibility index (Phi) is 10.3. The number of anilines is 2. The fourth-order valence-electron chi connectivity index (χ4n) is 5.62. The molecule has 1 aliphatic heterocycles. The Bertz CT molecular complexity index is 1840. The van der Waals surface area contributed by atoms with Gasteiger partial charge in [-0.15, -0.1) is 0 Å². The highest BCUT2D eigenvalue weighted by Gasteiger charge is 2.33. The molecular weight excluding hydrogens is 620 g/mol. The largest absolute Gasteiger partial charge is 0.497 e. The molecule has 0 radical (unpaired) electrons. The second-order valence-electron chi connectivity index (χ2n) is 11.8. The van der Waals surface area contributed by atoms with Gasteiger partial charge in [-0.3, -0.25) is 4.79 Å². The van der Waals surface area contributed by atoms with Crippen molar-refractivity contribution in [3.8, 4) is 11.5 Å². The molecule has 0 aromatic heterocycles. The van der Waals surface area contributed by atoms with Crippen LogP contribution in [-0.2, 0) is 21.2 Å². The van der Waals surface area contributed by atoms with Gasteiger partial charge in [0.05, 0.1) is 43.3 Å². The molecule has 11 nitrogen and oxygen atoms in total. The van der Waals surface area contributed by atoms with E-state index < -0.39 is 28.2 Å². The van der Waals surface area contributed by atoms with Crippen LogP contribution >= 0.6 is 0 Å². The number of nitrogens with one attached hydrogen (secondary N) is 2. The van der Waals surface area contributed by atoms with Crippen LogP contribution in [0.3, 0.4) is 0 Å². The first-order valence-corrected chi connectivity index (χ1v) is 16.8. The lowest BCUT2D eigenvalue weighted by Gasteiger charge is -2.33. The SMILES string of the molecule is COc1ccc(S(=O)(=O)N(C)C[C@@H]2Oc3ccc(NC(=O)Nc4cccc5ccccc45)cc3CC(=O)N([C@H](C)CO)C[C@H]2C)cc1. The van der Waals surface area contributed by atoms with Crippen molar-refractivity contribution in [3.05, 3.63) is 90.5 Å². The van der Waals surface area contributed by atoms with Gasteiger partial charge in [-0.25, -0.2) is 13.2 Å². The number of fused-ring (bicyclic) bond motifs is 2. The van der Waals surface area contributed by atoms with E-state index >= 15 is 0 Å². The molecule has 3 atom stereocenters. The first-order chi connectivity index (χ1) is 22.5. The van der Waals surface area contributed by atoms with Crippen LogP contribution in [0.1, 0.15) is 19.4 Å². The van der Waals surface area contributed by atoms with Crippen molar-refractivity contribution >= 4 is 44.1 Å². The molecule has 248 valence electrons. The Morgan fingerprint density at radius 3 is 2.51 bits per heavy atom. The maximum Gasteiger partial charge on any atom is 0.323 e. The summed E-state index contributed by atoms with van der Waals surface area (Å²) in [6, 6.07) is 23.7. The summed E-state index contributed by atoms with van der Waals surface area (Å²) in [5.74, 6) is 0.417. The van der Waals surface area contributed by atoms with Crippen LogP contribution in [0, 0.1) is 5.92 Å². The number of hydrogen-bond acceptors (Lipinski definition) is 7. The topological polar surface area (TPSA) is 138 Å². The fraction of sp³-hybridized carbons (Fsp3) is 0.314. The Labute approximate surface area is 275 Å². The Morgan fingerprint density at radius 2 is 1.79 bits per heavy atom. The first-order valence-electron chi connectivity index (χ1n) is 15.4. The zero-order chi connectivity index (χ0) is 33.7. The number of sulfonamides is 1. The number of carbonyl (C=O) groups is 2. The number of rotatable bonds is 9. The number of benzene rings is 4. The number of amides is 3. The number of aliphatic hydroxyl groups excluding tert-OH is 1. The first kappa shape index (κ1) is 33.7. The standard InChI is InChI=1S/C35H40N4O7S/c1-23-20-39(24(2)22-40)34(41)19-26-18-27(36-35(42)37-31-11-7-9-25-8-5-6-10-30(25)31)12-17-32(26)46-33(23)21-38(3)47(43,44)29-15-13-28(45-4)14-16-29/h5-18,23-24,33,40H,19-22H2,1-4H3,(H2,36,37,42)/t23-,24-,33+/m1/s1. The molecule has 12 heteroatoms. The molecular formula is C35H40N4O7S. The van der Waals surface area contributed by atoms with Gasteiger partial charge in [0.1, 0.15) is 17.6 Å². The molecule has 5 rings (SSSR count). The quantitative estimate of drug-likeness (QED) is 0.231. The number of likely N-dealkylation sites (N-methyl/N-ethyl adjacent to an activating group) is 1. The number of carbonyl (C=O) groups excluding carboxylic acids is 2. The van der Waals surface area contributed by atoms with E-state index in [1.165, 1.54) is 30.6 Å². The van der Waals surface area contributed by atoms with Crippen LogP contribution in [0.15, 0.2) is 89.8 Å². The molecule has 0 saturated carbocycles. The van der Waals surface area contributed by atoms with Crippen molar-refractivity contribution in [2.24, 2.45) is 5.92 Å². The number of ether oxygens (including phenoxy) is 2. The summed E-state index contributed by atoms with van der Waals surface area (Å²) < 4.78 is 39.9. The molecule has 0 aliphatic carbocycles. The summed E-state index contributed by atoms with van der Waals surface area (Å²) in [7, 11) is -0.877. The maximum atomic E-state index is 13.6. The predicted octanol–water partition coefficient (Wildman–Crippen LogP) is 4.96. The van der Waals surface area contributed by atoms with Gasteiger partial charge in [-0.1, -0.05) is 43.3 Å². The van der Waals surface area contributed by atoms with Gasteiger partial charge in [0.15, 0.2) is 0 Å². The highest BCUT2D eigenvalue weighted by atomic mass is 32.2. The fourth-order valence-corrected chi connectivity index (χ4v) is 6.81. The second-order valence-corrected chi connectivity index (χ2v) is 13.8. The summed E-state index contributed by atoms with van der Waals surface area (Å²) in [5, 5.41) is 17.6. The molecule has 0 fully saturated rings. The summed E-state index contributed by atoms with van der Waals surface area (Å²) in [6.07, 6.45) is -0.695. The van der Waals surface area contributed by atoms with Crippen LogP contribution in [0.5, 0.6) is 11.5 Å². The molecule has 1 aliphatic rings. The Balaban J connectivity index is 1.40. The molecule has 0 bridgehead atoms. The Hall–Kier alpha value is -4.65. The molecule has 47 heavy (non-hydrogen) atoms. The number of methoxy groups -OCH3 is 1. The normalized spacial score (nSPS) is 17.6. The summed E-state index contributed by atoms with van der Waals surface area (Å²) in [5.41, 5.74) is 1.62. The smallest absolute Gasteiger partial charge is 0.323 e. The van der Waals surface area contributed by atoms with Crippen molar-refractivity contribution in [2.45, 2.75) is 37.3 Å². The van der Waals surface area contributed by atoms with Gasteiger partial charge in [0, 0.05) is 36.1 Å². The molecule has 0 saturated heterocycles. The van der Waals surface area contributed by atoms with E-state index in [1.54, 1.807) is 42.2 Å². The highest BCUT2D eigenvalue weighted by molar-refractivity contribution is 7.89. The molecule has 3 amide bonds. The van der Waals surface area contributed by atoms with Crippen LogP contribution in [0.4, 0.5) is 16.2 Å². The van der Waals surface area contributed by atoms with Crippen LogP contribution in [0.2, 0.25) is 0 Å².